The van der Waals surface area contributed by atoms with Crippen LogP contribution in [0.4, 0.5) is 10.1 Å². The van der Waals surface area contributed by atoms with Gasteiger partial charge in [-0.2, -0.15) is 0 Å². The van der Waals surface area contributed by atoms with E-state index < -0.39 is 11.4 Å². The number of nitrogens with zero attached hydrogens (tertiary/aromatic N) is 1. The van der Waals surface area contributed by atoms with Crippen molar-refractivity contribution in [2.24, 2.45) is 0 Å². The summed E-state index contributed by atoms with van der Waals surface area (Å²) >= 11 is 0. The molecule has 1 aromatic carbocycles. The van der Waals surface area contributed by atoms with Crippen molar-refractivity contribution in [2.45, 2.75) is 12.5 Å². The molecule has 2 rings (SSSR count). The highest BCUT2D eigenvalue weighted by Crippen LogP contribution is 2.23. The van der Waals surface area contributed by atoms with Crippen molar-refractivity contribution in [3.05, 3.63) is 29.6 Å². The molecule has 0 aliphatic carbocycles. The van der Waals surface area contributed by atoms with Crippen LogP contribution < -0.4 is 5.73 Å². The van der Waals surface area contributed by atoms with Crippen LogP contribution in [0.25, 0.3) is 0 Å². The van der Waals surface area contributed by atoms with Crippen LogP contribution >= 0.6 is 0 Å². The number of amides is 1. The quantitative estimate of drug-likeness (QED) is 0.687. The van der Waals surface area contributed by atoms with Crippen LogP contribution in [0.5, 0.6) is 0 Å². The van der Waals surface area contributed by atoms with Gasteiger partial charge >= 0.3 is 0 Å². The van der Waals surface area contributed by atoms with Gasteiger partial charge in [0.2, 0.25) is 0 Å². The summed E-state index contributed by atoms with van der Waals surface area (Å²) in [7, 11) is 0. The van der Waals surface area contributed by atoms with Gasteiger partial charge in [0.25, 0.3) is 5.91 Å². The molecular formula is C11H13FN2O2. The van der Waals surface area contributed by atoms with Crippen LogP contribution in [0, 0.1) is 5.82 Å². The number of hydrogen-bond acceptors (Lipinski definition) is 3. The molecule has 1 aromatic rings. The molecule has 86 valence electrons. The Hall–Kier alpha value is -1.62. The number of benzene rings is 1. The lowest BCUT2D eigenvalue weighted by molar-refractivity contribution is -0.0668. The minimum absolute atomic E-state index is 0.216. The second-order valence-corrected chi connectivity index (χ2v) is 4.43. The summed E-state index contributed by atoms with van der Waals surface area (Å²) in [5.41, 5.74) is 5.06. The predicted molar refractivity (Wildman–Crippen MR) is 57.3 cm³/mol. The fourth-order valence-electron chi connectivity index (χ4n) is 1.84. The summed E-state index contributed by atoms with van der Waals surface area (Å²) < 4.78 is 13.0. The second kappa shape index (κ2) is 3.45. The van der Waals surface area contributed by atoms with Crippen molar-refractivity contribution < 1.29 is 14.3 Å². The van der Waals surface area contributed by atoms with Crippen molar-refractivity contribution in [3.8, 4) is 0 Å². The predicted octanol–water partition coefficient (Wildman–Crippen LogP) is 0.615. The SMILES string of the molecule is CC1(O)CN(C(=O)c2cc(N)cc(F)c2)C1. The Bertz CT molecular complexity index is 417. The van der Waals surface area contributed by atoms with Crippen LogP contribution in [0.1, 0.15) is 17.3 Å². The lowest BCUT2D eigenvalue weighted by Gasteiger charge is -2.44. The summed E-state index contributed by atoms with van der Waals surface area (Å²) in [4.78, 5) is 13.3. The monoisotopic (exact) mass is 224 g/mol. The number of nitrogen functional groups attached to an aromatic ring is 1. The average Bonchev–Trinajstić information content (AvgIpc) is 2.11. The molecule has 1 heterocycles. The topological polar surface area (TPSA) is 66.6 Å². The van der Waals surface area contributed by atoms with Gasteiger partial charge in [-0.05, 0) is 25.1 Å². The number of anilines is 1. The van der Waals surface area contributed by atoms with E-state index in [9.17, 15) is 14.3 Å². The molecule has 0 spiro atoms. The van der Waals surface area contributed by atoms with Crippen LogP contribution in [-0.2, 0) is 0 Å². The Morgan fingerprint density at radius 3 is 2.62 bits per heavy atom. The van der Waals surface area contributed by atoms with E-state index in [1.54, 1.807) is 6.92 Å². The third-order valence-electron chi connectivity index (χ3n) is 2.52. The minimum Gasteiger partial charge on any atom is -0.399 e. The zero-order valence-corrected chi connectivity index (χ0v) is 8.90. The van der Waals surface area contributed by atoms with Gasteiger partial charge in [0.15, 0.2) is 0 Å². The average molecular weight is 224 g/mol. The first kappa shape index (κ1) is 10.9. The van der Waals surface area contributed by atoms with E-state index in [0.29, 0.717) is 0 Å². The molecule has 1 aliphatic heterocycles. The van der Waals surface area contributed by atoms with Crippen LogP contribution in [-0.4, -0.2) is 34.6 Å². The van der Waals surface area contributed by atoms with Gasteiger partial charge in [-0.25, -0.2) is 4.39 Å². The smallest absolute Gasteiger partial charge is 0.254 e. The van der Waals surface area contributed by atoms with E-state index in [0.717, 1.165) is 12.1 Å². The number of β-amino-alcohol motifs (C(OH)–C–C–N with tert-alkyl or cyclic N) is 1. The van der Waals surface area contributed by atoms with Gasteiger partial charge in [-0.3, -0.25) is 4.79 Å². The molecule has 5 heteroatoms. The van der Waals surface area contributed by atoms with Crippen molar-refractivity contribution in [1.29, 1.82) is 0 Å². The number of carbonyl (C=O) groups excluding carboxylic acids is 1. The largest absolute Gasteiger partial charge is 0.399 e. The summed E-state index contributed by atoms with van der Waals surface area (Å²) in [6, 6.07) is 3.73. The number of carbonyl (C=O) groups is 1. The highest BCUT2D eigenvalue weighted by Gasteiger charge is 2.39. The number of halogens is 1. The Balaban J connectivity index is 2.16. The molecule has 0 aromatic heterocycles. The molecule has 3 N–H and O–H groups in total. The number of nitrogens with two attached hydrogens (primary N) is 1. The minimum atomic E-state index is -0.825. The molecule has 0 radical (unpaired) electrons. The number of hydrogen-bond donors (Lipinski definition) is 2. The van der Waals surface area contributed by atoms with Crippen molar-refractivity contribution in [1.82, 2.24) is 4.90 Å². The zero-order chi connectivity index (χ0) is 11.9. The van der Waals surface area contributed by atoms with E-state index >= 15 is 0 Å². The lowest BCUT2D eigenvalue weighted by Crippen LogP contribution is -2.61. The first-order valence-electron chi connectivity index (χ1n) is 4.95. The molecular weight excluding hydrogens is 211 g/mol. The van der Waals surface area contributed by atoms with Crippen molar-refractivity contribution in [2.75, 3.05) is 18.8 Å². The first-order chi connectivity index (χ1) is 7.37. The maximum Gasteiger partial charge on any atom is 0.254 e. The summed E-state index contributed by atoms with van der Waals surface area (Å²) in [5, 5.41) is 9.50. The van der Waals surface area contributed by atoms with E-state index in [2.05, 4.69) is 0 Å². The molecule has 0 bridgehead atoms. The Kier molecular flexibility index (Phi) is 2.35. The van der Waals surface area contributed by atoms with Crippen LogP contribution in [0.15, 0.2) is 18.2 Å². The second-order valence-electron chi connectivity index (χ2n) is 4.43. The van der Waals surface area contributed by atoms with E-state index in [-0.39, 0.29) is 30.2 Å². The molecule has 4 nitrogen and oxygen atoms in total. The Morgan fingerprint density at radius 1 is 1.50 bits per heavy atom. The zero-order valence-electron chi connectivity index (χ0n) is 8.90. The van der Waals surface area contributed by atoms with Crippen molar-refractivity contribution in [3.63, 3.8) is 0 Å². The van der Waals surface area contributed by atoms with Gasteiger partial charge in [0, 0.05) is 11.3 Å². The third-order valence-corrected chi connectivity index (χ3v) is 2.52. The van der Waals surface area contributed by atoms with Gasteiger partial charge in [-0.1, -0.05) is 0 Å². The number of aliphatic hydroxyl groups is 1. The first-order valence-corrected chi connectivity index (χ1v) is 4.95. The molecule has 0 atom stereocenters. The fourth-order valence-corrected chi connectivity index (χ4v) is 1.84. The fraction of sp³-hybridized carbons (Fsp3) is 0.364. The summed E-state index contributed by atoms with van der Waals surface area (Å²) in [6.45, 7) is 2.18. The van der Waals surface area contributed by atoms with Gasteiger partial charge in [0.1, 0.15) is 5.82 Å². The molecule has 1 saturated heterocycles. The molecule has 1 amide bonds. The van der Waals surface area contributed by atoms with Gasteiger partial charge < -0.3 is 15.7 Å². The van der Waals surface area contributed by atoms with Crippen molar-refractivity contribution >= 4 is 11.6 Å². The summed E-state index contributed by atoms with van der Waals surface area (Å²) in [6.07, 6.45) is 0. The van der Waals surface area contributed by atoms with Gasteiger partial charge in [-0.15, -0.1) is 0 Å². The van der Waals surface area contributed by atoms with Gasteiger partial charge in [0.05, 0.1) is 18.7 Å². The maximum atomic E-state index is 13.0. The summed E-state index contributed by atoms with van der Waals surface area (Å²) in [5.74, 6) is -0.839. The van der Waals surface area contributed by atoms with E-state index in [1.165, 1.54) is 11.0 Å². The normalized spacial score (nSPS) is 18.1. The molecule has 16 heavy (non-hydrogen) atoms. The maximum absolute atomic E-state index is 13.0. The molecule has 1 fully saturated rings. The van der Waals surface area contributed by atoms with Crippen LogP contribution in [0.3, 0.4) is 0 Å². The van der Waals surface area contributed by atoms with E-state index in [1.807, 2.05) is 0 Å². The Morgan fingerprint density at radius 2 is 2.12 bits per heavy atom. The molecule has 0 unspecified atom stereocenters. The molecule has 0 saturated carbocycles. The van der Waals surface area contributed by atoms with Crippen LogP contribution in [0.2, 0.25) is 0 Å². The Labute approximate surface area is 92.5 Å². The van der Waals surface area contributed by atoms with E-state index in [4.69, 9.17) is 5.73 Å². The third kappa shape index (κ3) is 1.99. The number of rotatable bonds is 1. The highest BCUT2D eigenvalue weighted by atomic mass is 19.1. The number of likely N-dealkylation sites (tertiary alicyclic amines) is 1. The molecule has 1 aliphatic rings. The standard InChI is InChI=1S/C11H13FN2O2/c1-11(16)5-14(6-11)10(15)7-2-8(12)4-9(13)3-7/h2-4,16H,5-6,13H2,1H3. The highest BCUT2D eigenvalue weighted by molar-refractivity contribution is 5.95. The lowest BCUT2D eigenvalue weighted by atomic mass is 9.96.